The van der Waals surface area contributed by atoms with Gasteiger partial charge in [-0.1, -0.05) is 6.07 Å². The van der Waals surface area contributed by atoms with Gasteiger partial charge in [-0.2, -0.15) is 5.10 Å². The summed E-state index contributed by atoms with van der Waals surface area (Å²) in [4.78, 5) is 35.9. The lowest BCUT2D eigenvalue weighted by Gasteiger charge is -2.09. The molecule has 0 radical (unpaired) electrons. The highest BCUT2D eigenvalue weighted by atomic mass is 19.1. The molecule has 0 unspecified atom stereocenters. The highest BCUT2D eigenvalue weighted by molar-refractivity contribution is 5.94. The molecule has 10 heteroatoms. The molecule has 1 heterocycles. The number of amides is 2. The van der Waals surface area contributed by atoms with E-state index in [0.717, 1.165) is 12.1 Å². The van der Waals surface area contributed by atoms with Gasteiger partial charge in [-0.25, -0.2) is 18.3 Å². The van der Waals surface area contributed by atoms with Crippen molar-refractivity contribution in [3.63, 3.8) is 0 Å². The summed E-state index contributed by atoms with van der Waals surface area (Å²) in [5.41, 5.74) is 1.08. The zero-order chi connectivity index (χ0) is 23.8. The number of rotatable bonds is 9. The van der Waals surface area contributed by atoms with Gasteiger partial charge in [0.25, 0.3) is 5.91 Å². The van der Waals surface area contributed by atoms with Crippen LogP contribution in [0, 0.1) is 11.6 Å². The molecular formula is C23H22F2N4O4. The number of nitrogens with one attached hydrogen (secondary N) is 2. The molecule has 3 aromatic rings. The quantitative estimate of drug-likeness (QED) is 0.379. The minimum atomic E-state index is -0.948. The first kappa shape index (κ1) is 23.6. The predicted molar refractivity (Wildman–Crippen MR) is 116 cm³/mol. The van der Waals surface area contributed by atoms with Gasteiger partial charge in [-0.3, -0.25) is 9.59 Å². The summed E-state index contributed by atoms with van der Waals surface area (Å²) in [7, 11) is 0. The van der Waals surface area contributed by atoms with Gasteiger partial charge in [-0.05, 0) is 49.7 Å². The molecule has 2 N–H and O–H groups in total. The number of esters is 1. The number of carbonyl (C=O) groups excluding carboxylic acids is 3. The smallest absolute Gasteiger partial charge is 0.358 e. The molecule has 2 aromatic carbocycles. The molecule has 2 amide bonds. The number of carbonyl (C=O) groups is 3. The third kappa shape index (κ3) is 6.45. The van der Waals surface area contributed by atoms with Gasteiger partial charge in [0, 0.05) is 30.9 Å². The molecule has 172 valence electrons. The molecule has 0 bridgehead atoms. The summed E-state index contributed by atoms with van der Waals surface area (Å²) in [5.74, 6) is -3.19. The van der Waals surface area contributed by atoms with E-state index < -0.39 is 23.5 Å². The molecule has 0 aliphatic rings. The van der Waals surface area contributed by atoms with Crippen molar-refractivity contribution in [3.8, 4) is 5.69 Å². The summed E-state index contributed by atoms with van der Waals surface area (Å²) >= 11 is 0. The Morgan fingerprint density at radius 3 is 2.67 bits per heavy atom. The monoisotopic (exact) mass is 456 g/mol. The largest absolute Gasteiger partial charge is 0.461 e. The first-order valence-electron chi connectivity index (χ1n) is 10.2. The van der Waals surface area contributed by atoms with Gasteiger partial charge in [0.15, 0.2) is 5.69 Å². The van der Waals surface area contributed by atoms with Crippen LogP contribution in [-0.2, 0) is 9.53 Å². The molecule has 0 spiro atoms. The minimum Gasteiger partial charge on any atom is -0.461 e. The van der Waals surface area contributed by atoms with Crippen LogP contribution < -0.4 is 10.6 Å². The number of ether oxygens (including phenoxy) is 1. The van der Waals surface area contributed by atoms with Crippen molar-refractivity contribution in [1.82, 2.24) is 15.1 Å². The molecule has 0 fully saturated rings. The fraction of sp³-hybridized carbons (Fsp3) is 0.217. The van der Waals surface area contributed by atoms with Crippen LogP contribution in [0.15, 0.2) is 54.7 Å². The fourth-order valence-corrected chi connectivity index (χ4v) is 2.95. The van der Waals surface area contributed by atoms with Crippen molar-refractivity contribution >= 4 is 23.5 Å². The number of hydrogen-bond donors (Lipinski definition) is 2. The first-order chi connectivity index (χ1) is 15.9. The first-order valence-corrected chi connectivity index (χ1v) is 10.2. The lowest BCUT2D eigenvalue weighted by Crippen LogP contribution is -2.26. The lowest BCUT2D eigenvalue weighted by atomic mass is 10.2. The predicted octanol–water partition coefficient (Wildman–Crippen LogP) is 3.48. The Morgan fingerprint density at radius 2 is 1.91 bits per heavy atom. The van der Waals surface area contributed by atoms with Crippen LogP contribution >= 0.6 is 0 Å². The summed E-state index contributed by atoms with van der Waals surface area (Å²) in [6.45, 7) is 2.10. The molecule has 33 heavy (non-hydrogen) atoms. The average Bonchev–Trinajstić information content (AvgIpc) is 3.27. The maximum Gasteiger partial charge on any atom is 0.358 e. The van der Waals surface area contributed by atoms with Crippen molar-refractivity contribution in [2.75, 3.05) is 18.5 Å². The van der Waals surface area contributed by atoms with Crippen molar-refractivity contribution in [1.29, 1.82) is 0 Å². The Hall–Kier alpha value is -4.08. The highest BCUT2D eigenvalue weighted by Crippen LogP contribution is 2.15. The fourth-order valence-electron chi connectivity index (χ4n) is 2.95. The molecule has 0 atom stereocenters. The Balaban J connectivity index is 1.49. The molecule has 3 rings (SSSR count). The van der Waals surface area contributed by atoms with E-state index in [9.17, 15) is 23.2 Å². The molecule has 0 saturated heterocycles. The van der Waals surface area contributed by atoms with Crippen LogP contribution in [0.5, 0.6) is 0 Å². The summed E-state index contributed by atoms with van der Waals surface area (Å²) in [5, 5.41) is 9.42. The molecular weight excluding hydrogens is 434 g/mol. The zero-order valence-electron chi connectivity index (χ0n) is 17.8. The molecule has 0 aliphatic heterocycles. The standard InChI is InChI=1S/C23H22F2N4O4/c1-2-33-23(32)20-10-12-29(28-20)17-6-3-5-16(14-17)27-21(30)7-4-11-26-22(31)18-9-8-15(24)13-19(18)25/h3,5-6,8-10,12-14H,2,4,7,11H2,1H3,(H,26,31)(H,27,30). The number of anilines is 1. The second-order valence-corrected chi connectivity index (χ2v) is 6.95. The second-order valence-electron chi connectivity index (χ2n) is 6.95. The zero-order valence-corrected chi connectivity index (χ0v) is 17.8. The van der Waals surface area contributed by atoms with Crippen LogP contribution in [0.4, 0.5) is 14.5 Å². The van der Waals surface area contributed by atoms with Crippen molar-refractivity contribution < 1.29 is 27.9 Å². The average molecular weight is 456 g/mol. The van der Waals surface area contributed by atoms with Gasteiger partial charge in [0.05, 0.1) is 17.9 Å². The molecule has 1 aromatic heterocycles. The van der Waals surface area contributed by atoms with Gasteiger partial charge in [0.2, 0.25) is 5.91 Å². The topological polar surface area (TPSA) is 102 Å². The van der Waals surface area contributed by atoms with Gasteiger partial charge in [0.1, 0.15) is 11.6 Å². The molecule has 8 nitrogen and oxygen atoms in total. The van der Waals surface area contributed by atoms with E-state index in [1.807, 2.05) is 0 Å². The number of hydrogen-bond acceptors (Lipinski definition) is 5. The van der Waals surface area contributed by atoms with E-state index in [1.54, 1.807) is 37.4 Å². The van der Waals surface area contributed by atoms with Crippen molar-refractivity contribution in [2.24, 2.45) is 0 Å². The van der Waals surface area contributed by atoms with Gasteiger partial charge < -0.3 is 15.4 Å². The van der Waals surface area contributed by atoms with Crippen LogP contribution in [0.1, 0.15) is 40.6 Å². The normalized spacial score (nSPS) is 10.5. The second kappa shape index (κ2) is 11.0. The Kier molecular flexibility index (Phi) is 7.85. The summed E-state index contributed by atoms with van der Waals surface area (Å²) in [6, 6.07) is 11.1. The highest BCUT2D eigenvalue weighted by Gasteiger charge is 2.13. The number of aromatic nitrogens is 2. The van der Waals surface area contributed by atoms with E-state index in [1.165, 1.54) is 10.7 Å². The SMILES string of the molecule is CCOC(=O)c1ccn(-c2cccc(NC(=O)CCCNC(=O)c3ccc(F)cc3F)c2)n1. The summed E-state index contributed by atoms with van der Waals surface area (Å²) < 4.78 is 33.0. The van der Waals surface area contributed by atoms with Crippen LogP contribution in [0.25, 0.3) is 5.69 Å². The van der Waals surface area contributed by atoms with Gasteiger partial charge >= 0.3 is 5.97 Å². The van der Waals surface area contributed by atoms with Crippen LogP contribution in [-0.4, -0.2) is 40.7 Å². The number of benzene rings is 2. The van der Waals surface area contributed by atoms with Crippen molar-refractivity contribution in [3.05, 3.63) is 77.6 Å². The van der Waals surface area contributed by atoms with Crippen molar-refractivity contribution in [2.45, 2.75) is 19.8 Å². The molecule has 0 aliphatic carbocycles. The Morgan fingerprint density at radius 1 is 1.09 bits per heavy atom. The summed E-state index contributed by atoms with van der Waals surface area (Å²) in [6.07, 6.45) is 2.05. The molecule has 0 saturated carbocycles. The van der Waals surface area contributed by atoms with Gasteiger partial charge in [-0.15, -0.1) is 0 Å². The lowest BCUT2D eigenvalue weighted by molar-refractivity contribution is -0.116. The third-order valence-corrected chi connectivity index (χ3v) is 4.51. The van der Waals surface area contributed by atoms with E-state index in [-0.39, 0.29) is 36.7 Å². The van der Waals surface area contributed by atoms with E-state index in [2.05, 4.69) is 15.7 Å². The van der Waals surface area contributed by atoms with E-state index in [0.29, 0.717) is 23.9 Å². The van der Waals surface area contributed by atoms with E-state index in [4.69, 9.17) is 4.74 Å². The third-order valence-electron chi connectivity index (χ3n) is 4.51. The van der Waals surface area contributed by atoms with Crippen LogP contribution in [0.3, 0.4) is 0 Å². The van der Waals surface area contributed by atoms with Crippen LogP contribution in [0.2, 0.25) is 0 Å². The maximum absolute atomic E-state index is 13.6. The Bertz CT molecular complexity index is 1160. The number of nitrogens with zero attached hydrogens (tertiary/aromatic N) is 2. The number of halogens is 2. The maximum atomic E-state index is 13.6. The Labute approximate surface area is 188 Å². The minimum absolute atomic E-state index is 0.116. The van der Waals surface area contributed by atoms with E-state index >= 15 is 0 Å².